The first-order chi connectivity index (χ1) is 11.5. The van der Waals surface area contributed by atoms with Gasteiger partial charge in [0.25, 0.3) is 0 Å². The van der Waals surface area contributed by atoms with E-state index in [1.165, 1.54) is 6.08 Å². The fourth-order valence-electron chi connectivity index (χ4n) is 3.58. The van der Waals surface area contributed by atoms with Gasteiger partial charge in [0.1, 0.15) is 6.61 Å². The number of hydrogen-bond donors (Lipinski definition) is 3. The van der Waals surface area contributed by atoms with Gasteiger partial charge in [0, 0.05) is 6.61 Å². The smallest absolute Gasteiger partial charge is 0.337 e. The first kappa shape index (κ1) is 18.7. The van der Waals surface area contributed by atoms with Crippen molar-refractivity contribution in [3.8, 4) is 0 Å². The molecule has 0 aromatic carbocycles. The number of aliphatic hydroxyl groups excluding tert-OH is 2. The van der Waals surface area contributed by atoms with Crippen LogP contribution in [-0.4, -0.2) is 47.1 Å². The lowest BCUT2D eigenvalue weighted by molar-refractivity contribution is -0.147. The summed E-state index contributed by atoms with van der Waals surface area (Å²) in [5.74, 6) is -0.744. The van der Waals surface area contributed by atoms with Crippen LogP contribution in [0.25, 0.3) is 0 Å². The minimum absolute atomic E-state index is 0.0673. The third-order valence-electron chi connectivity index (χ3n) is 5.13. The fourth-order valence-corrected chi connectivity index (χ4v) is 3.58. The van der Waals surface area contributed by atoms with E-state index in [0.29, 0.717) is 23.8 Å². The summed E-state index contributed by atoms with van der Waals surface area (Å²) >= 11 is 0. The topological polar surface area (TPSA) is 104 Å². The number of carboxylic acid groups (broad SMARTS) is 1. The van der Waals surface area contributed by atoms with E-state index in [9.17, 15) is 19.8 Å². The second-order valence-corrected chi connectivity index (χ2v) is 6.79. The van der Waals surface area contributed by atoms with E-state index in [4.69, 9.17) is 9.84 Å². The first-order valence-electron chi connectivity index (χ1n) is 8.52. The van der Waals surface area contributed by atoms with Crippen molar-refractivity contribution in [3.05, 3.63) is 23.8 Å². The second kappa shape index (κ2) is 8.44. The predicted molar refractivity (Wildman–Crippen MR) is 87.1 cm³/mol. The van der Waals surface area contributed by atoms with Crippen LogP contribution in [0, 0.1) is 17.3 Å². The Kier molecular flexibility index (Phi) is 6.57. The van der Waals surface area contributed by atoms with Gasteiger partial charge in [-0.15, -0.1) is 0 Å². The van der Waals surface area contributed by atoms with Crippen molar-refractivity contribution in [3.63, 3.8) is 0 Å². The summed E-state index contributed by atoms with van der Waals surface area (Å²) in [4.78, 5) is 23.6. The highest BCUT2D eigenvalue weighted by Gasteiger charge is 2.40. The van der Waals surface area contributed by atoms with E-state index in [-0.39, 0.29) is 26.2 Å². The standard InChI is InChI=1S/C18H26O6/c19-9-10-24-16(21)15-5-7-18(8-6-15,17(22)23)11-13-1-3-14(12-20)4-2-13/h5-7,13-14,19-20H,1-4,8-12H2,(H,22,23). The highest BCUT2D eigenvalue weighted by atomic mass is 16.5. The van der Waals surface area contributed by atoms with Crippen LogP contribution in [0.3, 0.4) is 0 Å². The van der Waals surface area contributed by atoms with Crippen LogP contribution in [0.2, 0.25) is 0 Å². The van der Waals surface area contributed by atoms with Gasteiger partial charge in [-0.3, -0.25) is 4.79 Å². The van der Waals surface area contributed by atoms with E-state index in [0.717, 1.165) is 25.7 Å². The molecule has 6 heteroatoms. The molecule has 134 valence electrons. The number of carbonyl (C=O) groups excluding carboxylic acids is 1. The molecule has 0 radical (unpaired) electrons. The number of aliphatic hydroxyl groups is 2. The molecule has 0 heterocycles. The molecule has 2 aliphatic carbocycles. The molecule has 1 fully saturated rings. The largest absolute Gasteiger partial charge is 0.481 e. The third kappa shape index (κ3) is 4.45. The molecule has 0 aliphatic heterocycles. The van der Waals surface area contributed by atoms with Crippen LogP contribution in [-0.2, 0) is 14.3 Å². The summed E-state index contributed by atoms with van der Waals surface area (Å²) in [6.07, 6.45) is 9.32. The zero-order valence-electron chi connectivity index (χ0n) is 13.8. The molecular formula is C18H26O6. The monoisotopic (exact) mass is 338 g/mol. The Hall–Kier alpha value is -1.66. The molecule has 2 aliphatic rings. The average molecular weight is 338 g/mol. The van der Waals surface area contributed by atoms with Gasteiger partial charge in [0.15, 0.2) is 0 Å². The molecule has 1 unspecified atom stereocenters. The first-order valence-corrected chi connectivity index (χ1v) is 8.52. The van der Waals surface area contributed by atoms with Crippen molar-refractivity contribution in [2.45, 2.75) is 38.5 Å². The molecule has 1 saturated carbocycles. The maximum absolute atomic E-state index is 11.8. The maximum atomic E-state index is 11.8. The van der Waals surface area contributed by atoms with Crippen LogP contribution in [0.5, 0.6) is 0 Å². The van der Waals surface area contributed by atoms with Crippen molar-refractivity contribution in [1.29, 1.82) is 0 Å². The van der Waals surface area contributed by atoms with Crippen molar-refractivity contribution < 1.29 is 29.6 Å². The minimum atomic E-state index is -0.975. The Morgan fingerprint density at radius 3 is 2.33 bits per heavy atom. The lowest BCUT2D eigenvalue weighted by atomic mass is 9.69. The average Bonchev–Trinajstić information content (AvgIpc) is 2.60. The highest BCUT2D eigenvalue weighted by Crippen LogP contribution is 2.42. The van der Waals surface area contributed by atoms with Gasteiger partial charge in [0.2, 0.25) is 0 Å². The molecule has 0 spiro atoms. The van der Waals surface area contributed by atoms with E-state index in [1.54, 1.807) is 12.2 Å². The van der Waals surface area contributed by atoms with Crippen LogP contribution >= 0.6 is 0 Å². The molecular weight excluding hydrogens is 312 g/mol. The zero-order chi connectivity index (χ0) is 17.6. The van der Waals surface area contributed by atoms with Crippen molar-refractivity contribution in [1.82, 2.24) is 0 Å². The maximum Gasteiger partial charge on any atom is 0.337 e. The zero-order valence-corrected chi connectivity index (χ0v) is 13.8. The lowest BCUT2D eigenvalue weighted by Gasteiger charge is -2.35. The summed E-state index contributed by atoms with van der Waals surface area (Å²) in [6, 6.07) is 0. The highest BCUT2D eigenvalue weighted by molar-refractivity contribution is 5.93. The van der Waals surface area contributed by atoms with Gasteiger partial charge < -0.3 is 20.1 Å². The van der Waals surface area contributed by atoms with E-state index < -0.39 is 17.4 Å². The van der Waals surface area contributed by atoms with Crippen LogP contribution in [0.1, 0.15) is 38.5 Å². The number of allylic oxidation sites excluding steroid dienone is 1. The van der Waals surface area contributed by atoms with Gasteiger partial charge >= 0.3 is 11.9 Å². The summed E-state index contributed by atoms with van der Waals surface area (Å²) < 4.78 is 4.85. The minimum Gasteiger partial charge on any atom is -0.481 e. The molecule has 6 nitrogen and oxygen atoms in total. The third-order valence-corrected chi connectivity index (χ3v) is 5.13. The molecule has 0 amide bonds. The summed E-state index contributed by atoms with van der Waals surface area (Å²) in [6.45, 7) is -0.0980. The summed E-state index contributed by atoms with van der Waals surface area (Å²) in [7, 11) is 0. The van der Waals surface area contributed by atoms with Gasteiger partial charge in [-0.2, -0.15) is 0 Å². The van der Waals surface area contributed by atoms with Crippen LogP contribution < -0.4 is 0 Å². The molecule has 1 atom stereocenters. The molecule has 2 rings (SSSR count). The summed E-state index contributed by atoms with van der Waals surface area (Å²) in [5, 5.41) is 27.6. The van der Waals surface area contributed by atoms with Crippen molar-refractivity contribution >= 4 is 11.9 Å². The number of aliphatic carboxylic acids is 1. The Morgan fingerprint density at radius 2 is 1.83 bits per heavy atom. The molecule has 0 aromatic rings. The van der Waals surface area contributed by atoms with Crippen LogP contribution in [0.4, 0.5) is 0 Å². The number of carboxylic acids is 1. The number of rotatable bonds is 7. The van der Waals surface area contributed by atoms with E-state index >= 15 is 0 Å². The lowest BCUT2D eigenvalue weighted by Crippen LogP contribution is -2.34. The normalized spacial score (nSPS) is 29.8. The van der Waals surface area contributed by atoms with Crippen molar-refractivity contribution in [2.24, 2.45) is 17.3 Å². The molecule has 3 N–H and O–H groups in total. The Bertz CT molecular complexity index is 516. The molecule has 0 saturated heterocycles. The molecule has 24 heavy (non-hydrogen) atoms. The Morgan fingerprint density at radius 1 is 1.17 bits per heavy atom. The Balaban J connectivity index is 1.99. The quantitative estimate of drug-likeness (QED) is 0.610. The van der Waals surface area contributed by atoms with Crippen molar-refractivity contribution in [2.75, 3.05) is 19.8 Å². The summed E-state index contributed by atoms with van der Waals surface area (Å²) in [5.41, 5.74) is -0.637. The van der Waals surface area contributed by atoms with Gasteiger partial charge in [-0.05, 0) is 37.5 Å². The molecule has 0 aromatic heterocycles. The predicted octanol–water partition coefficient (Wildman–Crippen LogP) is 1.67. The molecule has 0 bridgehead atoms. The second-order valence-electron chi connectivity index (χ2n) is 6.79. The number of carbonyl (C=O) groups is 2. The Labute approximate surface area is 141 Å². The fraction of sp³-hybridized carbons (Fsp3) is 0.667. The number of ether oxygens (including phenoxy) is 1. The van der Waals surface area contributed by atoms with E-state index in [1.807, 2.05) is 0 Å². The van der Waals surface area contributed by atoms with Gasteiger partial charge in [-0.25, -0.2) is 4.79 Å². The van der Waals surface area contributed by atoms with Crippen LogP contribution in [0.15, 0.2) is 23.8 Å². The SMILES string of the molecule is O=C(OCCO)C1=CCC(CC2CCC(CO)CC2)(C(=O)O)C=C1. The number of esters is 1. The number of hydrogen-bond acceptors (Lipinski definition) is 5. The van der Waals surface area contributed by atoms with E-state index in [2.05, 4.69) is 0 Å². The van der Waals surface area contributed by atoms with Gasteiger partial charge in [-0.1, -0.05) is 31.1 Å². The van der Waals surface area contributed by atoms with Gasteiger partial charge in [0.05, 0.1) is 17.6 Å².